The lowest BCUT2D eigenvalue weighted by Gasteiger charge is -2.30. The fraction of sp³-hybridized carbons (Fsp3) is 0.333. The quantitative estimate of drug-likeness (QED) is 0.427. The van der Waals surface area contributed by atoms with E-state index in [1.807, 2.05) is 50.4 Å². The second-order valence-electron chi connectivity index (χ2n) is 8.45. The lowest BCUT2D eigenvalue weighted by atomic mass is 10.2. The number of rotatable bonds is 11. The third-order valence-electron chi connectivity index (χ3n) is 5.67. The van der Waals surface area contributed by atoms with E-state index in [2.05, 4.69) is 16.7 Å². The molecular formula is C27H32FN3O3. The first-order chi connectivity index (χ1) is 16.4. The zero-order chi connectivity index (χ0) is 24.5. The molecule has 0 unspecified atom stereocenters. The molecule has 3 aromatic rings. The van der Waals surface area contributed by atoms with Crippen molar-refractivity contribution in [1.29, 1.82) is 0 Å². The largest absolute Gasteiger partial charge is 0.383 e. The first kappa shape index (κ1) is 25.2. The van der Waals surface area contributed by atoms with Crippen LogP contribution in [0.2, 0.25) is 0 Å². The number of aromatic nitrogens is 1. The number of hydrogen-bond donors (Lipinski definition) is 0. The second-order valence-corrected chi connectivity index (χ2v) is 8.45. The van der Waals surface area contributed by atoms with E-state index in [1.54, 1.807) is 12.0 Å². The van der Waals surface area contributed by atoms with Gasteiger partial charge in [-0.2, -0.15) is 0 Å². The van der Waals surface area contributed by atoms with Crippen molar-refractivity contribution in [1.82, 2.24) is 14.4 Å². The van der Waals surface area contributed by atoms with E-state index < -0.39 is 5.82 Å². The number of carbonyl (C=O) groups is 2. The Morgan fingerprint density at radius 1 is 1.00 bits per heavy atom. The van der Waals surface area contributed by atoms with Gasteiger partial charge in [-0.3, -0.25) is 9.59 Å². The fourth-order valence-corrected chi connectivity index (χ4v) is 3.74. The summed E-state index contributed by atoms with van der Waals surface area (Å²) in [7, 11) is 1.55. The molecule has 1 heterocycles. The predicted molar refractivity (Wildman–Crippen MR) is 130 cm³/mol. The van der Waals surface area contributed by atoms with E-state index in [0.717, 1.165) is 5.69 Å². The molecule has 6 nitrogen and oxygen atoms in total. The van der Waals surface area contributed by atoms with Gasteiger partial charge in [-0.05, 0) is 55.8 Å². The summed E-state index contributed by atoms with van der Waals surface area (Å²) in [6, 6.07) is 19.4. The Bertz CT molecular complexity index is 1060. The van der Waals surface area contributed by atoms with Crippen LogP contribution >= 0.6 is 0 Å². The van der Waals surface area contributed by atoms with Gasteiger partial charge in [-0.15, -0.1) is 0 Å². The zero-order valence-electron chi connectivity index (χ0n) is 20.0. The number of hydrogen-bond acceptors (Lipinski definition) is 3. The van der Waals surface area contributed by atoms with E-state index >= 15 is 0 Å². The SMILES string of the molecule is COCCN(CC(=O)N(Cc1cccn1Cc1ccccc1)C(C)C)C(=O)c1ccc(F)cc1. The van der Waals surface area contributed by atoms with Gasteiger partial charge in [0.05, 0.1) is 13.2 Å². The van der Waals surface area contributed by atoms with Crippen LogP contribution in [0.3, 0.4) is 0 Å². The minimum absolute atomic E-state index is 0.0576. The smallest absolute Gasteiger partial charge is 0.254 e. The Kier molecular flexibility index (Phi) is 8.99. The van der Waals surface area contributed by atoms with E-state index in [4.69, 9.17) is 4.74 Å². The van der Waals surface area contributed by atoms with Crippen molar-refractivity contribution >= 4 is 11.8 Å². The number of benzene rings is 2. The first-order valence-corrected chi connectivity index (χ1v) is 11.4. The van der Waals surface area contributed by atoms with Crippen LogP contribution in [0.4, 0.5) is 4.39 Å². The van der Waals surface area contributed by atoms with E-state index in [0.29, 0.717) is 25.3 Å². The zero-order valence-corrected chi connectivity index (χ0v) is 20.0. The highest BCUT2D eigenvalue weighted by molar-refractivity contribution is 5.96. The summed E-state index contributed by atoms with van der Waals surface area (Å²) < 4.78 is 20.6. The normalized spacial score (nSPS) is 11.0. The predicted octanol–water partition coefficient (Wildman–Crippen LogP) is 4.20. The molecule has 180 valence electrons. The van der Waals surface area contributed by atoms with Crippen molar-refractivity contribution in [3.63, 3.8) is 0 Å². The number of ether oxygens (including phenoxy) is 1. The first-order valence-electron chi connectivity index (χ1n) is 11.4. The van der Waals surface area contributed by atoms with Gasteiger partial charge in [0.25, 0.3) is 5.91 Å². The van der Waals surface area contributed by atoms with Gasteiger partial charge in [-0.1, -0.05) is 30.3 Å². The summed E-state index contributed by atoms with van der Waals surface area (Å²) in [5.41, 5.74) is 2.52. The Morgan fingerprint density at radius 2 is 1.71 bits per heavy atom. The third kappa shape index (κ3) is 6.78. The molecule has 2 amide bonds. The van der Waals surface area contributed by atoms with Gasteiger partial charge >= 0.3 is 0 Å². The van der Waals surface area contributed by atoms with Crippen LogP contribution in [0.5, 0.6) is 0 Å². The standard InChI is InChI=1S/C27H32FN3O3/c1-21(2)31(19-25-10-7-15-29(25)18-22-8-5-4-6-9-22)26(32)20-30(16-17-34-3)27(33)23-11-13-24(28)14-12-23/h4-15,21H,16-20H2,1-3H3. The molecular weight excluding hydrogens is 433 g/mol. The van der Waals surface area contributed by atoms with E-state index in [-0.39, 0.29) is 30.9 Å². The Hall–Kier alpha value is -3.45. The van der Waals surface area contributed by atoms with Crippen molar-refractivity contribution in [3.8, 4) is 0 Å². The van der Waals surface area contributed by atoms with Crippen LogP contribution in [0.25, 0.3) is 0 Å². The molecule has 0 spiro atoms. The van der Waals surface area contributed by atoms with Crippen LogP contribution in [-0.4, -0.2) is 59.0 Å². The summed E-state index contributed by atoms with van der Waals surface area (Å²) in [6.45, 7) is 5.53. The maximum absolute atomic E-state index is 13.4. The number of amides is 2. The minimum atomic E-state index is -0.416. The number of nitrogens with zero attached hydrogens (tertiary/aromatic N) is 3. The maximum atomic E-state index is 13.4. The molecule has 0 aliphatic carbocycles. The molecule has 0 saturated carbocycles. The molecule has 2 aromatic carbocycles. The van der Waals surface area contributed by atoms with E-state index in [1.165, 1.54) is 34.7 Å². The maximum Gasteiger partial charge on any atom is 0.254 e. The number of halogens is 1. The highest BCUT2D eigenvalue weighted by Gasteiger charge is 2.24. The van der Waals surface area contributed by atoms with Crippen LogP contribution in [-0.2, 0) is 22.6 Å². The lowest BCUT2D eigenvalue weighted by Crippen LogP contribution is -2.46. The molecule has 3 rings (SSSR count). The Labute approximate surface area is 200 Å². The molecule has 0 saturated heterocycles. The van der Waals surface area contributed by atoms with Crippen LogP contribution < -0.4 is 0 Å². The summed E-state index contributed by atoms with van der Waals surface area (Å²) in [4.78, 5) is 29.6. The van der Waals surface area contributed by atoms with Crippen LogP contribution in [0, 0.1) is 5.82 Å². The fourth-order valence-electron chi connectivity index (χ4n) is 3.74. The van der Waals surface area contributed by atoms with Crippen molar-refractivity contribution in [3.05, 3.63) is 95.6 Å². The van der Waals surface area contributed by atoms with Crippen molar-refractivity contribution in [2.24, 2.45) is 0 Å². The highest BCUT2D eigenvalue weighted by Crippen LogP contribution is 2.14. The van der Waals surface area contributed by atoms with Gasteiger partial charge in [0.15, 0.2) is 0 Å². The van der Waals surface area contributed by atoms with Gasteiger partial charge in [0, 0.05) is 43.7 Å². The van der Waals surface area contributed by atoms with Crippen molar-refractivity contribution in [2.75, 3.05) is 26.8 Å². The molecule has 0 radical (unpaired) electrons. The Morgan fingerprint density at radius 3 is 2.35 bits per heavy atom. The minimum Gasteiger partial charge on any atom is -0.383 e. The van der Waals surface area contributed by atoms with E-state index in [9.17, 15) is 14.0 Å². The lowest BCUT2D eigenvalue weighted by molar-refractivity contribution is -0.134. The summed E-state index contributed by atoms with van der Waals surface area (Å²) in [5, 5.41) is 0. The monoisotopic (exact) mass is 465 g/mol. The van der Waals surface area contributed by atoms with Crippen molar-refractivity contribution < 1.29 is 18.7 Å². The summed E-state index contributed by atoms with van der Waals surface area (Å²) in [5.74, 6) is -0.906. The summed E-state index contributed by atoms with van der Waals surface area (Å²) >= 11 is 0. The van der Waals surface area contributed by atoms with Crippen LogP contribution in [0.1, 0.15) is 35.5 Å². The number of methoxy groups -OCH3 is 1. The molecule has 0 atom stereocenters. The van der Waals surface area contributed by atoms with Crippen LogP contribution in [0.15, 0.2) is 72.9 Å². The highest BCUT2D eigenvalue weighted by atomic mass is 19.1. The topological polar surface area (TPSA) is 54.8 Å². The molecule has 0 aliphatic rings. The molecule has 7 heteroatoms. The molecule has 1 aromatic heterocycles. The van der Waals surface area contributed by atoms with Gasteiger partial charge in [-0.25, -0.2) is 4.39 Å². The van der Waals surface area contributed by atoms with Gasteiger partial charge < -0.3 is 19.1 Å². The Balaban J connectivity index is 1.74. The summed E-state index contributed by atoms with van der Waals surface area (Å²) in [6.07, 6.45) is 2.01. The molecule has 0 N–H and O–H groups in total. The molecule has 34 heavy (non-hydrogen) atoms. The number of carbonyl (C=O) groups excluding carboxylic acids is 2. The third-order valence-corrected chi connectivity index (χ3v) is 5.67. The van der Waals surface area contributed by atoms with Crippen molar-refractivity contribution in [2.45, 2.75) is 33.0 Å². The molecule has 0 aliphatic heterocycles. The van der Waals surface area contributed by atoms with Gasteiger partial charge in [0.1, 0.15) is 12.4 Å². The van der Waals surface area contributed by atoms with Gasteiger partial charge in [0.2, 0.25) is 5.91 Å². The molecule has 0 bridgehead atoms. The second kappa shape index (κ2) is 12.1. The molecule has 0 fully saturated rings. The average molecular weight is 466 g/mol. The average Bonchev–Trinajstić information content (AvgIpc) is 3.27.